The van der Waals surface area contributed by atoms with Gasteiger partial charge in [-0.3, -0.25) is 4.79 Å². The minimum absolute atomic E-state index is 0.00260. The summed E-state index contributed by atoms with van der Waals surface area (Å²) in [7, 11) is -3.05. The third-order valence-electron chi connectivity index (χ3n) is 3.07. The molecular formula is C16H16INO3S. The van der Waals surface area contributed by atoms with E-state index >= 15 is 0 Å². The summed E-state index contributed by atoms with van der Waals surface area (Å²) < 4.78 is 23.5. The molecule has 0 unspecified atom stereocenters. The molecule has 2 rings (SSSR count). The topological polar surface area (TPSA) is 63.2 Å². The zero-order chi connectivity index (χ0) is 16.3. The lowest BCUT2D eigenvalue weighted by Crippen LogP contribution is -2.12. The first kappa shape index (κ1) is 17.0. The van der Waals surface area contributed by atoms with Gasteiger partial charge < -0.3 is 5.32 Å². The molecule has 0 fully saturated rings. The molecule has 0 saturated carbocycles. The number of benzene rings is 2. The Morgan fingerprint density at radius 2 is 1.77 bits per heavy atom. The van der Waals surface area contributed by atoms with Gasteiger partial charge in [0.25, 0.3) is 5.91 Å². The second-order valence-electron chi connectivity index (χ2n) is 5.19. The zero-order valence-electron chi connectivity index (χ0n) is 12.3. The van der Waals surface area contributed by atoms with Crippen LogP contribution in [-0.2, 0) is 15.6 Å². The van der Waals surface area contributed by atoms with Gasteiger partial charge >= 0.3 is 0 Å². The number of nitrogens with one attached hydrogen (secondary N) is 1. The summed E-state index contributed by atoms with van der Waals surface area (Å²) in [4.78, 5) is 12.2. The molecule has 6 heteroatoms. The van der Waals surface area contributed by atoms with Crippen molar-refractivity contribution in [2.24, 2.45) is 0 Å². The quantitative estimate of drug-likeness (QED) is 0.758. The van der Waals surface area contributed by atoms with E-state index in [0.717, 1.165) is 9.13 Å². The van der Waals surface area contributed by atoms with Crippen LogP contribution in [0, 0.1) is 10.5 Å². The van der Waals surface area contributed by atoms with E-state index in [2.05, 4.69) is 27.9 Å². The van der Waals surface area contributed by atoms with Gasteiger partial charge in [0.05, 0.1) is 5.75 Å². The molecule has 2 aromatic rings. The molecule has 1 N–H and O–H groups in total. The van der Waals surface area contributed by atoms with Crippen molar-refractivity contribution in [1.82, 2.24) is 0 Å². The lowest BCUT2D eigenvalue weighted by Gasteiger charge is -2.07. The lowest BCUT2D eigenvalue weighted by molar-refractivity contribution is 0.102. The van der Waals surface area contributed by atoms with Gasteiger partial charge in [0.2, 0.25) is 0 Å². The van der Waals surface area contributed by atoms with Gasteiger partial charge in [-0.05, 0) is 64.9 Å². The van der Waals surface area contributed by atoms with E-state index in [0.29, 0.717) is 16.8 Å². The van der Waals surface area contributed by atoms with E-state index in [1.807, 2.05) is 19.1 Å². The minimum atomic E-state index is -3.05. The number of amides is 1. The largest absolute Gasteiger partial charge is 0.322 e. The van der Waals surface area contributed by atoms with Crippen LogP contribution in [0.1, 0.15) is 21.5 Å². The Balaban J connectivity index is 2.10. The summed E-state index contributed by atoms with van der Waals surface area (Å²) in [6.45, 7) is 1.99. The van der Waals surface area contributed by atoms with E-state index in [9.17, 15) is 13.2 Å². The molecular weight excluding hydrogens is 413 g/mol. The van der Waals surface area contributed by atoms with Crippen molar-refractivity contribution in [1.29, 1.82) is 0 Å². The summed E-state index contributed by atoms with van der Waals surface area (Å²) in [5.74, 6) is -0.189. The first-order valence-corrected chi connectivity index (χ1v) is 9.73. The molecule has 116 valence electrons. The molecule has 0 saturated heterocycles. The highest BCUT2D eigenvalue weighted by Crippen LogP contribution is 2.16. The van der Waals surface area contributed by atoms with Crippen LogP contribution >= 0.6 is 22.6 Å². The van der Waals surface area contributed by atoms with Crippen molar-refractivity contribution in [3.8, 4) is 0 Å². The van der Waals surface area contributed by atoms with Gasteiger partial charge in [-0.25, -0.2) is 8.42 Å². The molecule has 0 aliphatic heterocycles. The highest BCUT2D eigenvalue weighted by atomic mass is 127. The van der Waals surface area contributed by atoms with Gasteiger partial charge in [-0.1, -0.05) is 18.2 Å². The third-order valence-corrected chi connectivity index (χ3v) is 5.09. The normalized spacial score (nSPS) is 11.2. The SMILES string of the molecule is Cc1ccc(C(=O)Nc2ccc(CS(C)(=O)=O)cc2)cc1I. The van der Waals surface area contributed by atoms with Crippen LogP contribution < -0.4 is 5.32 Å². The Morgan fingerprint density at radius 1 is 1.14 bits per heavy atom. The number of sulfone groups is 1. The smallest absolute Gasteiger partial charge is 0.255 e. The van der Waals surface area contributed by atoms with Gasteiger partial charge in [0, 0.05) is 21.1 Å². The molecule has 1 amide bonds. The summed E-state index contributed by atoms with van der Waals surface area (Å²) >= 11 is 2.19. The maximum absolute atomic E-state index is 12.2. The van der Waals surface area contributed by atoms with Crippen LogP contribution in [0.5, 0.6) is 0 Å². The Morgan fingerprint density at radius 3 is 2.32 bits per heavy atom. The number of carbonyl (C=O) groups excluding carboxylic acids is 1. The summed E-state index contributed by atoms with van der Waals surface area (Å²) in [6.07, 6.45) is 1.20. The molecule has 0 spiro atoms. The summed E-state index contributed by atoms with van der Waals surface area (Å²) in [5, 5.41) is 2.80. The minimum Gasteiger partial charge on any atom is -0.322 e. The highest BCUT2D eigenvalue weighted by Gasteiger charge is 2.08. The number of anilines is 1. The van der Waals surface area contributed by atoms with E-state index in [1.165, 1.54) is 6.26 Å². The second-order valence-corrected chi connectivity index (χ2v) is 8.49. The Labute approximate surface area is 144 Å². The highest BCUT2D eigenvalue weighted by molar-refractivity contribution is 14.1. The van der Waals surface area contributed by atoms with Crippen molar-refractivity contribution >= 4 is 44.0 Å². The van der Waals surface area contributed by atoms with E-state index in [1.54, 1.807) is 30.3 Å². The third kappa shape index (κ3) is 4.81. The van der Waals surface area contributed by atoms with Crippen LogP contribution in [0.2, 0.25) is 0 Å². The molecule has 0 radical (unpaired) electrons. The Kier molecular flexibility index (Phi) is 5.23. The van der Waals surface area contributed by atoms with Gasteiger partial charge in [0.1, 0.15) is 0 Å². The molecule has 0 heterocycles. The molecule has 22 heavy (non-hydrogen) atoms. The number of rotatable bonds is 4. The fourth-order valence-electron chi connectivity index (χ4n) is 1.92. The summed E-state index contributed by atoms with van der Waals surface area (Å²) in [6, 6.07) is 12.3. The van der Waals surface area contributed by atoms with Gasteiger partial charge in [-0.2, -0.15) is 0 Å². The van der Waals surface area contributed by atoms with Crippen molar-refractivity contribution in [2.75, 3.05) is 11.6 Å². The van der Waals surface area contributed by atoms with Crippen molar-refractivity contribution in [3.63, 3.8) is 0 Å². The molecule has 0 aromatic heterocycles. The van der Waals surface area contributed by atoms with E-state index in [-0.39, 0.29) is 11.7 Å². The predicted octanol–water partition coefficient (Wildman–Crippen LogP) is 3.40. The monoisotopic (exact) mass is 429 g/mol. The molecule has 0 atom stereocenters. The van der Waals surface area contributed by atoms with E-state index in [4.69, 9.17) is 0 Å². The zero-order valence-corrected chi connectivity index (χ0v) is 15.2. The molecule has 0 bridgehead atoms. The maximum atomic E-state index is 12.2. The number of hydrogen-bond donors (Lipinski definition) is 1. The Hall–Kier alpha value is -1.41. The number of carbonyl (C=O) groups is 1. The molecule has 0 aliphatic rings. The first-order valence-electron chi connectivity index (χ1n) is 6.59. The van der Waals surface area contributed by atoms with E-state index < -0.39 is 9.84 Å². The van der Waals surface area contributed by atoms with Crippen molar-refractivity contribution < 1.29 is 13.2 Å². The van der Waals surface area contributed by atoms with Gasteiger partial charge in [0.15, 0.2) is 9.84 Å². The molecule has 0 aliphatic carbocycles. The van der Waals surface area contributed by atoms with Crippen LogP contribution in [0.3, 0.4) is 0 Å². The van der Waals surface area contributed by atoms with Crippen LogP contribution in [0.4, 0.5) is 5.69 Å². The number of hydrogen-bond acceptors (Lipinski definition) is 3. The van der Waals surface area contributed by atoms with Crippen molar-refractivity contribution in [3.05, 3.63) is 62.7 Å². The molecule has 4 nitrogen and oxygen atoms in total. The lowest BCUT2D eigenvalue weighted by atomic mass is 10.1. The standard InChI is InChI=1S/C16H16INO3S/c1-11-3-6-13(9-15(11)17)16(19)18-14-7-4-12(5-8-14)10-22(2,20)21/h3-9H,10H2,1-2H3,(H,18,19). The fourth-order valence-corrected chi connectivity index (χ4v) is 3.24. The van der Waals surface area contributed by atoms with Gasteiger partial charge in [-0.15, -0.1) is 0 Å². The first-order chi connectivity index (χ1) is 10.2. The average Bonchev–Trinajstić information content (AvgIpc) is 2.42. The average molecular weight is 429 g/mol. The van der Waals surface area contributed by atoms with Crippen LogP contribution in [-0.4, -0.2) is 20.6 Å². The Bertz CT molecular complexity index is 799. The van der Waals surface area contributed by atoms with Crippen LogP contribution in [0.15, 0.2) is 42.5 Å². The predicted molar refractivity (Wildman–Crippen MR) is 96.8 cm³/mol. The second kappa shape index (κ2) is 6.78. The number of aryl methyl sites for hydroxylation is 1. The number of halogens is 1. The maximum Gasteiger partial charge on any atom is 0.255 e. The van der Waals surface area contributed by atoms with Crippen molar-refractivity contribution in [2.45, 2.75) is 12.7 Å². The van der Waals surface area contributed by atoms with Crippen LogP contribution in [0.25, 0.3) is 0 Å². The molecule has 2 aromatic carbocycles. The summed E-state index contributed by atoms with van der Waals surface area (Å²) in [5.41, 5.74) is 3.06. The fraction of sp³-hybridized carbons (Fsp3) is 0.188.